The quantitative estimate of drug-likeness (QED) is 0.139. The second kappa shape index (κ2) is 18.6. The SMILES string of the molecule is CC(=O)O.CC(=O)O.[Ru+2].c1ccc(P(c2ccccc2)c2ccc3c(c2-c2c(P(c4ccccc4)c4ccccc4)ccc4c2OCO4)OCO3)cc1. The van der Waals surface area contributed by atoms with E-state index in [2.05, 4.69) is 146 Å². The monoisotopic (exact) mass is 832 g/mol. The van der Waals surface area contributed by atoms with Crippen LogP contribution in [0.4, 0.5) is 0 Å². The molecular formula is C42H36O8P2Ru+2. The predicted molar refractivity (Wildman–Crippen MR) is 208 cm³/mol. The van der Waals surface area contributed by atoms with Gasteiger partial charge in [-0.15, -0.1) is 0 Å². The Labute approximate surface area is 323 Å². The standard InChI is InChI=1S/C38H28O4P2.2C2H4O2.Ru/c1-5-13-27(14-6-1)43(28-15-7-2-8-16-28)33-23-21-31-37(41-25-39-31)35(33)36-34(24-22-32-38(36)42-26-40-32)44(29-17-9-3-10-18-29)30-19-11-4-12-20-30;2*1-2(3)4;/h1-24H,25-26H2;2*1H3,(H,3,4);/q;;;+2. The summed E-state index contributed by atoms with van der Waals surface area (Å²) in [5.41, 5.74) is 2.02. The third kappa shape index (κ3) is 9.31. The van der Waals surface area contributed by atoms with Crippen LogP contribution < -0.4 is 50.8 Å². The number of carboxylic acids is 2. The molecule has 0 saturated carbocycles. The molecule has 2 aliphatic heterocycles. The van der Waals surface area contributed by atoms with Gasteiger partial charge in [0.1, 0.15) is 0 Å². The number of aliphatic carboxylic acids is 2. The molecule has 8 nitrogen and oxygen atoms in total. The van der Waals surface area contributed by atoms with Crippen LogP contribution >= 0.6 is 15.8 Å². The third-order valence-electron chi connectivity index (χ3n) is 7.82. The number of fused-ring (bicyclic) bond motifs is 2. The van der Waals surface area contributed by atoms with Crippen LogP contribution in [-0.2, 0) is 29.1 Å². The van der Waals surface area contributed by atoms with Gasteiger partial charge in [-0.2, -0.15) is 0 Å². The van der Waals surface area contributed by atoms with Gasteiger partial charge in [0.25, 0.3) is 11.9 Å². The van der Waals surface area contributed by atoms with Crippen LogP contribution in [0.3, 0.4) is 0 Å². The number of ether oxygens (including phenoxy) is 4. The maximum Gasteiger partial charge on any atom is 2.00 e. The Kier molecular flexibility index (Phi) is 13.8. The van der Waals surface area contributed by atoms with Crippen molar-refractivity contribution in [3.63, 3.8) is 0 Å². The molecule has 0 saturated heterocycles. The van der Waals surface area contributed by atoms with Crippen LogP contribution in [0.15, 0.2) is 146 Å². The summed E-state index contributed by atoms with van der Waals surface area (Å²) in [5, 5.41) is 22.2. The Hall–Kier alpha value is -5.06. The zero-order chi connectivity index (χ0) is 36.5. The van der Waals surface area contributed by atoms with Crippen LogP contribution in [-0.4, -0.2) is 35.7 Å². The van der Waals surface area contributed by atoms with E-state index >= 15 is 0 Å². The second-order valence-corrected chi connectivity index (χ2v) is 15.8. The summed E-state index contributed by atoms with van der Waals surface area (Å²) in [6, 6.07) is 51.6. The smallest absolute Gasteiger partial charge is 0.481 e. The van der Waals surface area contributed by atoms with Crippen LogP contribution in [0.1, 0.15) is 13.8 Å². The molecule has 2 heterocycles. The van der Waals surface area contributed by atoms with E-state index in [9.17, 15) is 0 Å². The van der Waals surface area contributed by atoms with Crippen LogP contribution in [0.2, 0.25) is 0 Å². The van der Waals surface area contributed by atoms with Gasteiger partial charge in [-0.1, -0.05) is 121 Å². The molecule has 0 radical (unpaired) electrons. The first kappa shape index (κ1) is 39.2. The van der Waals surface area contributed by atoms with Crippen molar-refractivity contribution in [2.45, 2.75) is 13.8 Å². The average Bonchev–Trinajstić information content (AvgIpc) is 3.84. The summed E-state index contributed by atoms with van der Waals surface area (Å²) < 4.78 is 24.7. The summed E-state index contributed by atoms with van der Waals surface area (Å²) in [4.78, 5) is 18.0. The van der Waals surface area contributed by atoms with Gasteiger partial charge in [-0.05, 0) is 71.9 Å². The van der Waals surface area contributed by atoms with Gasteiger partial charge in [-0.25, -0.2) is 0 Å². The van der Waals surface area contributed by atoms with Crippen molar-refractivity contribution in [1.29, 1.82) is 0 Å². The fraction of sp³-hybridized carbons (Fsp3) is 0.0952. The first-order valence-electron chi connectivity index (χ1n) is 16.4. The molecule has 2 aliphatic rings. The molecule has 6 aromatic carbocycles. The number of carboxylic acid groups (broad SMARTS) is 2. The Bertz CT molecular complexity index is 1890. The van der Waals surface area contributed by atoms with Crippen LogP contribution in [0.25, 0.3) is 11.1 Å². The first-order chi connectivity index (χ1) is 25.3. The van der Waals surface area contributed by atoms with E-state index in [4.69, 9.17) is 38.7 Å². The van der Waals surface area contributed by atoms with Crippen molar-refractivity contribution in [1.82, 2.24) is 0 Å². The maximum absolute atomic E-state index is 9.00. The summed E-state index contributed by atoms with van der Waals surface area (Å²) in [5.74, 6) is 1.32. The van der Waals surface area contributed by atoms with E-state index < -0.39 is 27.8 Å². The van der Waals surface area contributed by atoms with Crippen molar-refractivity contribution < 1.29 is 58.2 Å². The number of hydrogen-bond acceptors (Lipinski definition) is 6. The minimum absolute atomic E-state index is 0. The van der Waals surface area contributed by atoms with E-state index in [1.165, 1.54) is 31.8 Å². The Morgan fingerprint density at radius 1 is 0.453 bits per heavy atom. The second-order valence-electron chi connectivity index (χ2n) is 11.4. The van der Waals surface area contributed by atoms with E-state index in [1.807, 2.05) is 0 Å². The van der Waals surface area contributed by atoms with Crippen molar-refractivity contribution in [2.75, 3.05) is 13.6 Å². The van der Waals surface area contributed by atoms with Crippen molar-refractivity contribution in [3.05, 3.63) is 146 Å². The van der Waals surface area contributed by atoms with Gasteiger partial charge in [0.05, 0.1) is 0 Å². The summed E-state index contributed by atoms with van der Waals surface area (Å²) in [6.45, 7) is 2.52. The average molecular weight is 832 g/mol. The van der Waals surface area contributed by atoms with Gasteiger partial charge in [-0.3, -0.25) is 9.59 Å². The topological polar surface area (TPSA) is 112 Å². The molecule has 11 heteroatoms. The molecule has 0 bridgehead atoms. The first-order valence-corrected chi connectivity index (χ1v) is 19.1. The molecule has 0 fully saturated rings. The largest absolute Gasteiger partial charge is 2.00 e. The molecule has 0 atom stereocenters. The van der Waals surface area contributed by atoms with Crippen molar-refractivity contribution >= 4 is 59.6 Å². The molecule has 0 unspecified atom stereocenters. The summed E-state index contributed by atoms with van der Waals surface area (Å²) >= 11 is 0. The van der Waals surface area contributed by atoms with Gasteiger partial charge in [0.2, 0.25) is 13.6 Å². The molecule has 8 rings (SSSR count). The van der Waals surface area contributed by atoms with Crippen molar-refractivity contribution in [3.8, 4) is 34.1 Å². The molecule has 53 heavy (non-hydrogen) atoms. The number of rotatable bonds is 7. The molecule has 0 aliphatic carbocycles. The maximum atomic E-state index is 9.00. The van der Waals surface area contributed by atoms with E-state index in [0.717, 1.165) is 48.0 Å². The molecule has 2 N–H and O–H groups in total. The molecule has 6 aromatic rings. The fourth-order valence-electron chi connectivity index (χ4n) is 5.94. The molecule has 268 valence electrons. The zero-order valence-electron chi connectivity index (χ0n) is 28.9. The normalized spacial score (nSPS) is 11.8. The fourth-order valence-corrected chi connectivity index (χ4v) is 10.9. The van der Waals surface area contributed by atoms with Gasteiger partial charge < -0.3 is 29.2 Å². The Morgan fingerprint density at radius 2 is 0.717 bits per heavy atom. The molecule has 0 aromatic heterocycles. The van der Waals surface area contributed by atoms with Crippen LogP contribution in [0, 0.1) is 0 Å². The van der Waals surface area contributed by atoms with E-state index in [0.29, 0.717) is 0 Å². The minimum atomic E-state index is -0.968. The van der Waals surface area contributed by atoms with Gasteiger partial charge in [0, 0.05) is 25.0 Å². The van der Waals surface area contributed by atoms with Crippen molar-refractivity contribution in [2.24, 2.45) is 0 Å². The Morgan fingerprint density at radius 3 is 0.981 bits per heavy atom. The van der Waals surface area contributed by atoms with Crippen LogP contribution in [0.5, 0.6) is 23.0 Å². The number of carbonyl (C=O) groups is 2. The van der Waals surface area contributed by atoms with E-state index in [1.54, 1.807) is 0 Å². The van der Waals surface area contributed by atoms with Gasteiger partial charge in [0.15, 0.2) is 23.0 Å². The molecular weight excluding hydrogens is 795 g/mol. The summed E-state index contributed by atoms with van der Waals surface area (Å²) in [7, 11) is -1.94. The molecule has 0 spiro atoms. The number of benzene rings is 6. The third-order valence-corrected chi connectivity index (χ3v) is 12.8. The zero-order valence-corrected chi connectivity index (χ0v) is 32.4. The van der Waals surface area contributed by atoms with Gasteiger partial charge >= 0.3 is 19.5 Å². The summed E-state index contributed by atoms with van der Waals surface area (Å²) in [6.07, 6.45) is 0. The Balaban J connectivity index is 0.000000550. The number of hydrogen-bond donors (Lipinski definition) is 2. The van der Waals surface area contributed by atoms with E-state index in [-0.39, 0.29) is 33.1 Å². The molecule has 0 amide bonds. The minimum Gasteiger partial charge on any atom is -0.481 e. The predicted octanol–water partition coefficient (Wildman–Crippen LogP) is 6.51.